The molecule has 1 aromatic rings. The fraction of sp³-hybridized carbons (Fsp3) is 0.562. The smallest absolute Gasteiger partial charge is 0.239 e. The van der Waals surface area contributed by atoms with E-state index < -0.39 is 0 Å². The first kappa shape index (κ1) is 16.5. The average molecular weight is 277 g/mol. The minimum Gasteiger partial charge on any atom is -0.365 e. The maximum atomic E-state index is 11.9. The van der Waals surface area contributed by atoms with Gasteiger partial charge in [0.1, 0.15) is 0 Å². The summed E-state index contributed by atoms with van der Waals surface area (Å²) in [5, 5.41) is 6.12. The molecule has 0 saturated heterocycles. The summed E-state index contributed by atoms with van der Waals surface area (Å²) in [6.45, 7) is 8.17. The molecular weight excluding hydrogens is 250 g/mol. The van der Waals surface area contributed by atoms with E-state index in [9.17, 15) is 4.79 Å². The Morgan fingerprint density at radius 3 is 2.65 bits per heavy atom. The number of carbonyl (C=O) groups excluding carboxylic acids is 1. The van der Waals surface area contributed by atoms with E-state index in [0.29, 0.717) is 12.5 Å². The summed E-state index contributed by atoms with van der Waals surface area (Å²) >= 11 is 0. The molecule has 0 aromatic heterocycles. The molecule has 4 nitrogen and oxygen atoms in total. The van der Waals surface area contributed by atoms with Crippen LogP contribution in [0.2, 0.25) is 0 Å². The Labute approximate surface area is 122 Å². The van der Waals surface area contributed by atoms with Crippen molar-refractivity contribution >= 4 is 11.6 Å². The van der Waals surface area contributed by atoms with Crippen LogP contribution in [0.3, 0.4) is 0 Å². The van der Waals surface area contributed by atoms with Gasteiger partial charge in [0.15, 0.2) is 0 Å². The summed E-state index contributed by atoms with van der Waals surface area (Å²) in [5.74, 6) is 0.542. The van der Waals surface area contributed by atoms with Gasteiger partial charge in [0.05, 0.1) is 6.54 Å². The van der Waals surface area contributed by atoms with Gasteiger partial charge in [0.2, 0.25) is 5.91 Å². The predicted octanol–water partition coefficient (Wildman–Crippen LogP) is 1.92. The SMILES string of the molecule is CNCc1cc(C)ccc1N(C)CC(=O)NCC(C)C. The van der Waals surface area contributed by atoms with Crippen LogP contribution < -0.4 is 15.5 Å². The first-order chi connectivity index (χ1) is 9.43. The second kappa shape index (κ2) is 7.90. The Bertz CT molecular complexity index is 443. The highest BCUT2D eigenvalue weighted by Crippen LogP contribution is 2.20. The summed E-state index contributed by atoms with van der Waals surface area (Å²) in [7, 11) is 3.89. The molecule has 0 aliphatic rings. The van der Waals surface area contributed by atoms with Gasteiger partial charge < -0.3 is 15.5 Å². The fourth-order valence-corrected chi connectivity index (χ4v) is 2.09. The Hall–Kier alpha value is -1.55. The second-order valence-corrected chi connectivity index (χ2v) is 5.72. The summed E-state index contributed by atoms with van der Waals surface area (Å²) in [6.07, 6.45) is 0. The highest BCUT2D eigenvalue weighted by Gasteiger charge is 2.11. The van der Waals surface area contributed by atoms with Gasteiger partial charge >= 0.3 is 0 Å². The van der Waals surface area contributed by atoms with Crippen LogP contribution in [0.15, 0.2) is 18.2 Å². The molecule has 0 saturated carbocycles. The standard InChI is InChI=1S/C16H27N3O/c1-12(2)9-18-16(20)11-19(5)15-7-6-13(3)8-14(15)10-17-4/h6-8,12,17H,9-11H2,1-5H3,(H,18,20). The molecular formula is C16H27N3O. The first-order valence-electron chi connectivity index (χ1n) is 7.16. The number of nitrogens with zero attached hydrogens (tertiary/aromatic N) is 1. The third kappa shape index (κ3) is 5.21. The van der Waals surface area contributed by atoms with Crippen molar-refractivity contribution in [1.29, 1.82) is 0 Å². The van der Waals surface area contributed by atoms with Gasteiger partial charge in [-0.05, 0) is 31.5 Å². The van der Waals surface area contributed by atoms with Crippen LogP contribution in [0.1, 0.15) is 25.0 Å². The van der Waals surface area contributed by atoms with E-state index in [4.69, 9.17) is 0 Å². The Kier molecular flexibility index (Phi) is 6.52. The Morgan fingerprint density at radius 2 is 2.05 bits per heavy atom. The van der Waals surface area contributed by atoms with Gasteiger partial charge in [-0.3, -0.25) is 4.79 Å². The van der Waals surface area contributed by atoms with Gasteiger partial charge in [-0.2, -0.15) is 0 Å². The van der Waals surface area contributed by atoms with Crippen molar-refractivity contribution in [2.24, 2.45) is 5.92 Å². The quantitative estimate of drug-likeness (QED) is 0.800. The largest absolute Gasteiger partial charge is 0.365 e. The summed E-state index contributed by atoms with van der Waals surface area (Å²) < 4.78 is 0. The third-order valence-corrected chi connectivity index (χ3v) is 3.10. The van der Waals surface area contributed by atoms with Crippen molar-refractivity contribution in [2.75, 3.05) is 32.1 Å². The number of benzene rings is 1. The molecule has 112 valence electrons. The number of nitrogens with one attached hydrogen (secondary N) is 2. The number of aryl methyl sites for hydroxylation is 1. The number of hydrogen-bond acceptors (Lipinski definition) is 3. The lowest BCUT2D eigenvalue weighted by molar-refractivity contribution is -0.119. The third-order valence-electron chi connectivity index (χ3n) is 3.10. The van der Waals surface area contributed by atoms with Crippen LogP contribution in [0.25, 0.3) is 0 Å². The van der Waals surface area contributed by atoms with Gasteiger partial charge in [-0.25, -0.2) is 0 Å². The highest BCUT2D eigenvalue weighted by molar-refractivity contribution is 5.81. The normalized spacial score (nSPS) is 10.7. The molecule has 1 aromatic carbocycles. The maximum Gasteiger partial charge on any atom is 0.239 e. The van der Waals surface area contributed by atoms with E-state index >= 15 is 0 Å². The fourth-order valence-electron chi connectivity index (χ4n) is 2.09. The number of rotatable bonds is 7. The van der Waals surface area contributed by atoms with E-state index in [-0.39, 0.29) is 5.91 Å². The van der Waals surface area contributed by atoms with Gasteiger partial charge in [-0.1, -0.05) is 31.5 Å². The lowest BCUT2D eigenvalue weighted by Gasteiger charge is -2.22. The van der Waals surface area contributed by atoms with E-state index in [1.54, 1.807) is 0 Å². The van der Waals surface area contributed by atoms with Crippen molar-refractivity contribution in [3.63, 3.8) is 0 Å². The molecule has 1 rings (SSSR count). The van der Waals surface area contributed by atoms with Crippen LogP contribution in [-0.2, 0) is 11.3 Å². The van der Waals surface area contributed by atoms with Gasteiger partial charge in [-0.15, -0.1) is 0 Å². The van der Waals surface area contributed by atoms with Crippen LogP contribution >= 0.6 is 0 Å². The van der Waals surface area contributed by atoms with Crippen LogP contribution in [0, 0.1) is 12.8 Å². The van der Waals surface area contributed by atoms with E-state index in [1.807, 2.05) is 19.0 Å². The zero-order valence-corrected chi connectivity index (χ0v) is 13.3. The monoisotopic (exact) mass is 277 g/mol. The molecule has 0 radical (unpaired) electrons. The molecule has 0 unspecified atom stereocenters. The predicted molar refractivity (Wildman–Crippen MR) is 85.1 cm³/mol. The van der Waals surface area contributed by atoms with Crippen LogP contribution in [0.5, 0.6) is 0 Å². The first-order valence-corrected chi connectivity index (χ1v) is 7.16. The summed E-state index contributed by atoms with van der Waals surface area (Å²) in [5.41, 5.74) is 3.55. The minimum absolute atomic E-state index is 0.0668. The lowest BCUT2D eigenvalue weighted by Crippen LogP contribution is -2.37. The molecule has 4 heteroatoms. The molecule has 1 amide bonds. The van der Waals surface area contributed by atoms with Crippen molar-refractivity contribution in [3.05, 3.63) is 29.3 Å². The second-order valence-electron chi connectivity index (χ2n) is 5.72. The van der Waals surface area contributed by atoms with E-state index in [0.717, 1.165) is 18.8 Å². The summed E-state index contributed by atoms with van der Waals surface area (Å²) in [6, 6.07) is 6.32. The minimum atomic E-state index is 0.0668. The highest BCUT2D eigenvalue weighted by atomic mass is 16.2. The molecule has 2 N–H and O–H groups in total. The summed E-state index contributed by atoms with van der Waals surface area (Å²) in [4.78, 5) is 13.9. The molecule has 0 heterocycles. The molecule has 0 aliphatic heterocycles. The number of anilines is 1. The number of likely N-dealkylation sites (N-methyl/N-ethyl adjacent to an activating group) is 1. The Morgan fingerprint density at radius 1 is 1.35 bits per heavy atom. The van der Waals surface area contributed by atoms with Crippen molar-refractivity contribution in [2.45, 2.75) is 27.3 Å². The van der Waals surface area contributed by atoms with Crippen molar-refractivity contribution in [1.82, 2.24) is 10.6 Å². The number of amides is 1. The number of carbonyl (C=O) groups is 1. The molecule has 0 bridgehead atoms. The molecule has 0 spiro atoms. The van der Waals surface area contributed by atoms with E-state index in [2.05, 4.69) is 49.6 Å². The zero-order valence-electron chi connectivity index (χ0n) is 13.3. The van der Waals surface area contributed by atoms with Gasteiger partial charge in [0.25, 0.3) is 0 Å². The lowest BCUT2D eigenvalue weighted by atomic mass is 10.1. The van der Waals surface area contributed by atoms with Crippen molar-refractivity contribution < 1.29 is 4.79 Å². The van der Waals surface area contributed by atoms with E-state index in [1.165, 1.54) is 11.1 Å². The maximum absolute atomic E-state index is 11.9. The van der Waals surface area contributed by atoms with Gasteiger partial charge in [0, 0.05) is 25.8 Å². The van der Waals surface area contributed by atoms with Crippen LogP contribution in [0.4, 0.5) is 5.69 Å². The average Bonchev–Trinajstić information content (AvgIpc) is 2.36. The molecule has 0 fully saturated rings. The topological polar surface area (TPSA) is 44.4 Å². The number of hydrogen-bond donors (Lipinski definition) is 2. The molecule has 0 aliphatic carbocycles. The zero-order chi connectivity index (χ0) is 15.1. The van der Waals surface area contributed by atoms with Crippen molar-refractivity contribution in [3.8, 4) is 0 Å². The van der Waals surface area contributed by atoms with Crippen LogP contribution in [-0.4, -0.2) is 33.1 Å². The Balaban J connectivity index is 2.71. The molecule has 0 atom stereocenters. The molecule has 20 heavy (non-hydrogen) atoms.